The quantitative estimate of drug-likeness (QED) is 0.379. The summed E-state index contributed by atoms with van der Waals surface area (Å²) >= 11 is 0. The lowest BCUT2D eigenvalue weighted by atomic mass is 10.0. The number of carbonyl (C=O) groups is 2. The van der Waals surface area contributed by atoms with Crippen LogP contribution in [0.4, 0.5) is 5.69 Å². The summed E-state index contributed by atoms with van der Waals surface area (Å²) in [6.45, 7) is 7.24. The number of hydrogen-bond acceptors (Lipinski definition) is 5. The van der Waals surface area contributed by atoms with E-state index in [1.54, 1.807) is 62.6 Å². The predicted octanol–water partition coefficient (Wildman–Crippen LogP) is 4.49. The van der Waals surface area contributed by atoms with E-state index in [4.69, 9.17) is 4.74 Å². The minimum absolute atomic E-state index is 0.0786. The summed E-state index contributed by atoms with van der Waals surface area (Å²) in [5.74, 6) is 0.0593. The van der Waals surface area contributed by atoms with Crippen molar-refractivity contribution < 1.29 is 22.7 Å². The number of aryl methyl sites for hydroxylation is 1. The Morgan fingerprint density at radius 2 is 1.49 bits per heavy atom. The average Bonchev–Trinajstić information content (AvgIpc) is 2.94. The third-order valence-electron chi connectivity index (χ3n) is 6.66. The molecular formula is C30H37N3O5S. The van der Waals surface area contributed by atoms with Crippen molar-refractivity contribution in [2.45, 2.75) is 51.1 Å². The molecule has 0 saturated heterocycles. The first-order chi connectivity index (χ1) is 18.5. The Kier molecular flexibility index (Phi) is 9.75. The van der Waals surface area contributed by atoms with Gasteiger partial charge in [0.2, 0.25) is 11.8 Å². The van der Waals surface area contributed by atoms with Crippen molar-refractivity contribution in [1.82, 2.24) is 10.2 Å². The summed E-state index contributed by atoms with van der Waals surface area (Å²) in [4.78, 5) is 27.9. The maximum atomic E-state index is 13.9. The van der Waals surface area contributed by atoms with Gasteiger partial charge in [0.25, 0.3) is 10.0 Å². The molecule has 0 spiro atoms. The average molecular weight is 552 g/mol. The van der Waals surface area contributed by atoms with E-state index in [1.165, 1.54) is 24.1 Å². The normalized spacial score (nSPS) is 12.1. The van der Waals surface area contributed by atoms with Gasteiger partial charge in [-0.1, -0.05) is 55.8 Å². The predicted molar refractivity (Wildman–Crippen MR) is 153 cm³/mol. The van der Waals surface area contributed by atoms with Crippen LogP contribution in [-0.4, -0.2) is 51.9 Å². The zero-order valence-corrected chi connectivity index (χ0v) is 24.2. The van der Waals surface area contributed by atoms with Gasteiger partial charge in [0, 0.05) is 13.6 Å². The number of nitrogens with one attached hydrogen (secondary N) is 1. The summed E-state index contributed by atoms with van der Waals surface area (Å²) in [5, 5.41) is 2.58. The number of nitrogens with zero attached hydrogens (tertiary/aromatic N) is 2. The number of ether oxygens (including phenoxy) is 1. The van der Waals surface area contributed by atoms with Crippen LogP contribution in [-0.2, 0) is 26.2 Å². The Bertz CT molecular complexity index is 1370. The number of benzene rings is 3. The number of hydrogen-bond donors (Lipinski definition) is 1. The molecule has 0 aliphatic rings. The number of sulfonamides is 1. The molecule has 39 heavy (non-hydrogen) atoms. The van der Waals surface area contributed by atoms with Crippen molar-refractivity contribution in [3.05, 3.63) is 89.5 Å². The second-order valence-electron chi connectivity index (χ2n) is 9.73. The molecule has 3 rings (SSSR count). The molecule has 0 radical (unpaired) electrons. The molecule has 0 aromatic heterocycles. The van der Waals surface area contributed by atoms with Crippen LogP contribution in [0, 0.1) is 6.92 Å². The zero-order chi connectivity index (χ0) is 28.7. The van der Waals surface area contributed by atoms with E-state index in [9.17, 15) is 18.0 Å². The van der Waals surface area contributed by atoms with Gasteiger partial charge < -0.3 is 15.0 Å². The second kappa shape index (κ2) is 12.8. The van der Waals surface area contributed by atoms with E-state index >= 15 is 0 Å². The summed E-state index contributed by atoms with van der Waals surface area (Å²) < 4.78 is 34.1. The minimum atomic E-state index is -4.10. The van der Waals surface area contributed by atoms with Crippen LogP contribution < -0.4 is 14.4 Å². The number of amides is 2. The van der Waals surface area contributed by atoms with Gasteiger partial charge in [-0.2, -0.15) is 0 Å². The lowest BCUT2D eigenvalue weighted by Gasteiger charge is -2.32. The summed E-state index contributed by atoms with van der Waals surface area (Å²) in [7, 11) is -1.03. The highest BCUT2D eigenvalue weighted by Gasteiger charge is 2.32. The Hall–Kier alpha value is -3.85. The van der Waals surface area contributed by atoms with Crippen LogP contribution in [0.2, 0.25) is 0 Å². The first kappa shape index (κ1) is 29.7. The molecule has 8 nitrogen and oxygen atoms in total. The van der Waals surface area contributed by atoms with E-state index in [-0.39, 0.29) is 23.3 Å². The first-order valence-corrected chi connectivity index (χ1v) is 14.2. The van der Waals surface area contributed by atoms with E-state index in [2.05, 4.69) is 19.2 Å². The summed E-state index contributed by atoms with van der Waals surface area (Å²) in [5.41, 5.74) is 3.11. The summed E-state index contributed by atoms with van der Waals surface area (Å²) in [6.07, 6.45) is 0. The lowest BCUT2D eigenvalue weighted by molar-refractivity contribution is -0.139. The molecule has 0 aliphatic carbocycles. The molecule has 0 saturated carbocycles. The molecule has 3 aromatic rings. The van der Waals surface area contributed by atoms with E-state index in [0.29, 0.717) is 11.4 Å². The van der Waals surface area contributed by atoms with Gasteiger partial charge in [0.05, 0.1) is 17.7 Å². The third kappa shape index (κ3) is 7.17. The topological polar surface area (TPSA) is 96.0 Å². The SMILES string of the molecule is CNC(=O)[C@@H](C)N(Cc1ccc(OC)cc1)C(=O)CN(c1ccc(C(C)C)cc1)S(=O)(=O)c1ccc(C)cc1. The fourth-order valence-electron chi connectivity index (χ4n) is 4.11. The van der Waals surface area contributed by atoms with Crippen molar-refractivity contribution in [2.24, 2.45) is 0 Å². The van der Waals surface area contributed by atoms with Gasteiger partial charge in [-0.05, 0) is 67.3 Å². The minimum Gasteiger partial charge on any atom is -0.497 e. The maximum absolute atomic E-state index is 13.9. The largest absolute Gasteiger partial charge is 0.497 e. The lowest BCUT2D eigenvalue weighted by Crippen LogP contribution is -2.50. The number of anilines is 1. The molecule has 208 valence electrons. The van der Waals surface area contributed by atoms with Crippen molar-refractivity contribution in [2.75, 3.05) is 25.0 Å². The van der Waals surface area contributed by atoms with Crippen molar-refractivity contribution in [1.29, 1.82) is 0 Å². The maximum Gasteiger partial charge on any atom is 0.264 e. The number of rotatable bonds is 11. The first-order valence-electron chi connectivity index (χ1n) is 12.8. The molecule has 1 atom stereocenters. The fourth-order valence-corrected chi connectivity index (χ4v) is 5.53. The standard InChI is InChI=1S/C30H37N3O5S/c1-21(2)25-11-13-26(14-12-25)33(39(36,37)28-17-7-22(3)8-18-28)20-29(34)32(23(4)30(35)31-5)19-24-9-15-27(38-6)16-10-24/h7-18,21,23H,19-20H2,1-6H3,(H,31,35)/t23-/m1/s1. The zero-order valence-electron chi connectivity index (χ0n) is 23.3. The molecular weight excluding hydrogens is 514 g/mol. The van der Waals surface area contributed by atoms with E-state index in [0.717, 1.165) is 21.0 Å². The van der Waals surface area contributed by atoms with Crippen LogP contribution in [0.25, 0.3) is 0 Å². The molecule has 0 heterocycles. The fraction of sp³-hybridized carbons (Fsp3) is 0.333. The van der Waals surface area contributed by atoms with E-state index < -0.39 is 28.5 Å². The Labute approximate surface area is 231 Å². The van der Waals surface area contributed by atoms with Gasteiger partial charge in [-0.3, -0.25) is 13.9 Å². The van der Waals surface area contributed by atoms with Crippen molar-refractivity contribution in [3.63, 3.8) is 0 Å². The third-order valence-corrected chi connectivity index (χ3v) is 8.45. The molecule has 0 bridgehead atoms. The molecule has 2 amide bonds. The molecule has 3 aromatic carbocycles. The van der Waals surface area contributed by atoms with Crippen LogP contribution >= 0.6 is 0 Å². The Morgan fingerprint density at radius 1 is 0.897 bits per heavy atom. The molecule has 1 N–H and O–H groups in total. The van der Waals surface area contributed by atoms with Gasteiger partial charge in [0.15, 0.2) is 0 Å². The Balaban J connectivity index is 2.03. The molecule has 9 heteroatoms. The molecule has 0 unspecified atom stereocenters. The Morgan fingerprint density at radius 3 is 2.00 bits per heavy atom. The molecule has 0 fully saturated rings. The number of likely N-dealkylation sites (N-methyl/N-ethyl adjacent to an activating group) is 1. The van der Waals surface area contributed by atoms with Crippen LogP contribution in [0.3, 0.4) is 0 Å². The summed E-state index contributed by atoms with van der Waals surface area (Å²) in [6, 6.07) is 20.0. The van der Waals surface area contributed by atoms with Crippen molar-refractivity contribution in [3.8, 4) is 5.75 Å². The second-order valence-corrected chi connectivity index (χ2v) is 11.6. The molecule has 0 aliphatic heterocycles. The number of methoxy groups -OCH3 is 1. The van der Waals surface area contributed by atoms with Crippen molar-refractivity contribution >= 4 is 27.5 Å². The highest BCUT2D eigenvalue weighted by Crippen LogP contribution is 2.27. The monoisotopic (exact) mass is 551 g/mol. The van der Waals surface area contributed by atoms with Gasteiger partial charge in [-0.15, -0.1) is 0 Å². The van der Waals surface area contributed by atoms with Gasteiger partial charge in [-0.25, -0.2) is 8.42 Å². The van der Waals surface area contributed by atoms with Crippen LogP contribution in [0.5, 0.6) is 5.75 Å². The van der Waals surface area contributed by atoms with Crippen LogP contribution in [0.15, 0.2) is 77.7 Å². The highest BCUT2D eigenvalue weighted by atomic mass is 32.2. The van der Waals surface area contributed by atoms with E-state index in [1.807, 2.05) is 19.1 Å². The smallest absolute Gasteiger partial charge is 0.264 e. The van der Waals surface area contributed by atoms with Crippen LogP contribution in [0.1, 0.15) is 43.4 Å². The highest BCUT2D eigenvalue weighted by molar-refractivity contribution is 7.92. The van der Waals surface area contributed by atoms with Gasteiger partial charge in [0.1, 0.15) is 18.3 Å². The number of carbonyl (C=O) groups excluding carboxylic acids is 2. The van der Waals surface area contributed by atoms with Gasteiger partial charge >= 0.3 is 0 Å².